The number of allylic oxidation sites excluding steroid dienone is 4. The molecule has 0 N–H and O–H groups in total. The Morgan fingerprint density at radius 3 is 1.67 bits per heavy atom. The first-order valence-corrected chi connectivity index (χ1v) is 1.82. The third kappa shape index (κ3) is 1.52. The molecular formula is C5H6Ru+2. The second-order valence-electron chi connectivity index (χ2n) is 1.09. The number of hydrogen-bond donors (Lipinski definition) is 0. The molecule has 0 aromatic heterocycles. The Labute approximate surface area is 50.7 Å². The van der Waals surface area contributed by atoms with Crippen LogP contribution < -0.4 is 0 Å². The SMILES string of the molecule is C1=CCC=C1.[Ru+2]. The van der Waals surface area contributed by atoms with Gasteiger partial charge in [0.15, 0.2) is 0 Å². The molecule has 0 saturated heterocycles. The molecule has 1 heteroatoms. The predicted octanol–water partition coefficient (Wildman–Crippen LogP) is 1.50. The van der Waals surface area contributed by atoms with Crippen molar-refractivity contribution in [2.75, 3.05) is 0 Å². The zero-order valence-corrected chi connectivity index (χ0v) is 5.11. The summed E-state index contributed by atoms with van der Waals surface area (Å²) in [5.74, 6) is 0. The quantitative estimate of drug-likeness (QED) is 0.479. The van der Waals surface area contributed by atoms with Crippen LogP contribution in [-0.4, -0.2) is 0 Å². The zero-order valence-electron chi connectivity index (χ0n) is 3.37. The fourth-order valence-corrected chi connectivity index (χ4v) is 0.393. The van der Waals surface area contributed by atoms with Crippen molar-refractivity contribution in [1.82, 2.24) is 0 Å². The van der Waals surface area contributed by atoms with Gasteiger partial charge >= 0.3 is 19.5 Å². The molecule has 0 nitrogen and oxygen atoms in total. The van der Waals surface area contributed by atoms with Crippen molar-refractivity contribution in [2.24, 2.45) is 0 Å². The average molecular weight is 167 g/mol. The maximum Gasteiger partial charge on any atom is 2.00 e. The van der Waals surface area contributed by atoms with Crippen LogP contribution in [0.2, 0.25) is 0 Å². The molecule has 0 aromatic rings. The van der Waals surface area contributed by atoms with Gasteiger partial charge in [0.25, 0.3) is 0 Å². The summed E-state index contributed by atoms with van der Waals surface area (Å²) < 4.78 is 0. The normalized spacial score (nSPS) is 14.7. The van der Waals surface area contributed by atoms with Gasteiger partial charge in [0.1, 0.15) is 0 Å². The van der Waals surface area contributed by atoms with Crippen molar-refractivity contribution >= 4 is 0 Å². The molecule has 0 aliphatic heterocycles. The Morgan fingerprint density at radius 1 is 1.00 bits per heavy atom. The van der Waals surface area contributed by atoms with E-state index >= 15 is 0 Å². The standard InChI is InChI=1S/C5H6.Ru/c1-2-4-5-3-1;/h1-4H,5H2;/q;+2. The third-order valence-electron chi connectivity index (χ3n) is 0.655. The molecule has 0 heterocycles. The van der Waals surface area contributed by atoms with E-state index in [1.54, 1.807) is 0 Å². The Kier molecular flexibility index (Phi) is 3.36. The fraction of sp³-hybridized carbons (Fsp3) is 0.200. The van der Waals surface area contributed by atoms with Crippen LogP contribution in [0.5, 0.6) is 0 Å². The molecule has 1 aliphatic rings. The van der Waals surface area contributed by atoms with Gasteiger partial charge in [-0.1, -0.05) is 24.3 Å². The molecule has 6 heavy (non-hydrogen) atoms. The molecule has 1 aliphatic carbocycles. The van der Waals surface area contributed by atoms with E-state index in [0.29, 0.717) is 0 Å². The van der Waals surface area contributed by atoms with Crippen molar-refractivity contribution in [3.63, 3.8) is 0 Å². The molecule has 0 saturated carbocycles. The van der Waals surface area contributed by atoms with Crippen molar-refractivity contribution < 1.29 is 19.5 Å². The zero-order chi connectivity index (χ0) is 3.54. The van der Waals surface area contributed by atoms with E-state index in [2.05, 4.69) is 24.3 Å². The number of rotatable bonds is 0. The molecule has 1 rings (SSSR count). The smallest absolute Gasteiger partial charge is 0.0808 e. The molecule has 0 radical (unpaired) electrons. The molecule has 0 spiro atoms. The van der Waals surface area contributed by atoms with Crippen LogP contribution in [-0.2, 0) is 19.5 Å². The van der Waals surface area contributed by atoms with Crippen molar-refractivity contribution in [1.29, 1.82) is 0 Å². The van der Waals surface area contributed by atoms with Crippen LogP contribution in [0.3, 0.4) is 0 Å². The van der Waals surface area contributed by atoms with Crippen molar-refractivity contribution in [2.45, 2.75) is 6.42 Å². The number of hydrogen-bond acceptors (Lipinski definition) is 0. The van der Waals surface area contributed by atoms with Gasteiger partial charge < -0.3 is 0 Å². The third-order valence-corrected chi connectivity index (χ3v) is 0.655. The predicted molar refractivity (Wildman–Crippen MR) is 22.9 cm³/mol. The minimum Gasteiger partial charge on any atom is -0.0808 e. The summed E-state index contributed by atoms with van der Waals surface area (Å²) in [7, 11) is 0. The van der Waals surface area contributed by atoms with Crippen molar-refractivity contribution in [3.8, 4) is 0 Å². The van der Waals surface area contributed by atoms with Gasteiger partial charge in [-0.25, -0.2) is 0 Å². The Bertz CT molecular complexity index is 62.0. The van der Waals surface area contributed by atoms with E-state index in [0.717, 1.165) is 6.42 Å². The van der Waals surface area contributed by atoms with Crippen LogP contribution in [0.4, 0.5) is 0 Å². The average Bonchev–Trinajstić information content (AvgIpc) is 1.76. The summed E-state index contributed by atoms with van der Waals surface area (Å²) in [6, 6.07) is 0. The van der Waals surface area contributed by atoms with Crippen LogP contribution in [0.1, 0.15) is 6.42 Å². The Balaban J connectivity index is 0.000000250. The van der Waals surface area contributed by atoms with E-state index in [4.69, 9.17) is 0 Å². The molecule has 0 fully saturated rings. The summed E-state index contributed by atoms with van der Waals surface area (Å²) in [5.41, 5.74) is 0. The van der Waals surface area contributed by atoms with Gasteiger partial charge in [0.05, 0.1) is 0 Å². The summed E-state index contributed by atoms with van der Waals surface area (Å²) in [6.07, 6.45) is 9.50. The minimum absolute atomic E-state index is 0. The van der Waals surface area contributed by atoms with Gasteiger partial charge in [-0.15, -0.1) is 0 Å². The molecule has 0 atom stereocenters. The maximum atomic E-state index is 2.12. The summed E-state index contributed by atoms with van der Waals surface area (Å²) in [4.78, 5) is 0. The molecule has 0 amide bonds. The van der Waals surface area contributed by atoms with E-state index in [-0.39, 0.29) is 19.5 Å². The van der Waals surface area contributed by atoms with E-state index in [9.17, 15) is 0 Å². The molecule has 0 bridgehead atoms. The second-order valence-corrected chi connectivity index (χ2v) is 1.09. The first-order chi connectivity index (χ1) is 2.50. The first-order valence-electron chi connectivity index (χ1n) is 1.82. The monoisotopic (exact) mass is 168 g/mol. The minimum atomic E-state index is 0. The summed E-state index contributed by atoms with van der Waals surface area (Å²) in [5, 5.41) is 0. The summed E-state index contributed by atoms with van der Waals surface area (Å²) >= 11 is 0. The van der Waals surface area contributed by atoms with Crippen LogP contribution in [0.25, 0.3) is 0 Å². The molecule has 0 unspecified atom stereocenters. The van der Waals surface area contributed by atoms with Gasteiger partial charge in [-0.3, -0.25) is 0 Å². The van der Waals surface area contributed by atoms with E-state index in [1.807, 2.05) is 0 Å². The van der Waals surface area contributed by atoms with E-state index < -0.39 is 0 Å². The van der Waals surface area contributed by atoms with Gasteiger partial charge in [0.2, 0.25) is 0 Å². The topological polar surface area (TPSA) is 0 Å². The fourth-order valence-electron chi connectivity index (χ4n) is 0.393. The van der Waals surface area contributed by atoms with Gasteiger partial charge in [-0.05, 0) is 6.42 Å². The van der Waals surface area contributed by atoms with Crippen LogP contribution in [0.15, 0.2) is 24.3 Å². The second kappa shape index (κ2) is 3.30. The maximum absolute atomic E-state index is 2.12. The van der Waals surface area contributed by atoms with Crippen molar-refractivity contribution in [3.05, 3.63) is 24.3 Å². The molecular weight excluding hydrogens is 161 g/mol. The van der Waals surface area contributed by atoms with Crippen LogP contribution in [0, 0.1) is 0 Å². The first kappa shape index (κ1) is 6.10. The molecule has 32 valence electrons. The largest absolute Gasteiger partial charge is 2.00 e. The molecule has 0 aromatic carbocycles. The van der Waals surface area contributed by atoms with Gasteiger partial charge in [0, 0.05) is 0 Å². The van der Waals surface area contributed by atoms with Gasteiger partial charge in [-0.2, -0.15) is 0 Å². The van der Waals surface area contributed by atoms with Crippen LogP contribution >= 0.6 is 0 Å². The van der Waals surface area contributed by atoms with E-state index in [1.165, 1.54) is 0 Å². The Hall–Kier alpha value is 0.103. The summed E-state index contributed by atoms with van der Waals surface area (Å²) in [6.45, 7) is 0. The Morgan fingerprint density at radius 2 is 1.50 bits per heavy atom.